The smallest absolute Gasteiger partial charge is 0.119 e. The summed E-state index contributed by atoms with van der Waals surface area (Å²) in [6.07, 6.45) is 1.32. The minimum atomic E-state index is -0.412. The van der Waals surface area contributed by atoms with E-state index >= 15 is 0 Å². The van der Waals surface area contributed by atoms with E-state index in [1.807, 2.05) is 25.1 Å². The Morgan fingerprint density at radius 1 is 1.40 bits per heavy atom. The normalized spacial score (nSPS) is 12.5. The highest BCUT2D eigenvalue weighted by Gasteiger charge is 2.11. The number of hydrogen-bond donors (Lipinski definition) is 1. The van der Waals surface area contributed by atoms with Crippen molar-refractivity contribution in [2.75, 3.05) is 6.61 Å². The standard InChI is InChI=1S/C12H17BrO2/c1-3-5-12(14)10-8-9(15-4-2)6-7-11(10)13/h6-8,12,14H,3-5H2,1-2H3. The summed E-state index contributed by atoms with van der Waals surface area (Å²) >= 11 is 3.44. The summed E-state index contributed by atoms with van der Waals surface area (Å²) in [6.45, 7) is 4.65. The first kappa shape index (κ1) is 12.5. The van der Waals surface area contributed by atoms with E-state index in [0.717, 1.165) is 28.6 Å². The lowest BCUT2D eigenvalue weighted by atomic mass is 10.1. The van der Waals surface area contributed by atoms with Gasteiger partial charge < -0.3 is 9.84 Å². The van der Waals surface area contributed by atoms with Crippen molar-refractivity contribution in [2.45, 2.75) is 32.8 Å². The molecule has 0 saturated carbocycles. The van der Waals surface area contributed by atoms with Crippen LogP contribution in [0.1, 0.15) is 38.4 Å². The maximum absolute atomic E-state index is 9.91. The highest BCUT2D eigenvalue weighted by molar-refractivity contribution is 9.10. The SMILES string of the molecule is CCCC(O)c1cc(OCC)ccc1Br. The Hall–Kier alpha value is -0.540. The first-order valence-electron chi connectivity index (χ1n) is 5.29. The van der Waals surface area contributed by atoms with E-state index in [-0.39, 0.29) is 0 Å². The van der Waals surface area contributed by atoms with Gasteiger partial charge in [0.2, 0.25) is 0 Å². The van der Waals surface area contributed by atoms with E-state index in [1.54, 1.807) is 0 Å². The Kier molecular flexibility index (Phi) is 5.12. The van der Waals surface area contributed by atoms with Crippen molar-refractivity contribution in [2.24, 2.45) is 0 Å². The van der Waals surface area contributed by atoms with Crippen LogP contribution in [-0.2, 0) is 0 Å². The van der Waals surface area contributed by atoms with Crippen LogP contribution in [0.2, 0.25) is 0 Å². The molecule has 1 aromatic rings. The predicted molar refractivity (Wildman–Crippen MR) is 65.2 cm³/mol. The lowest BCUT2D eigenvalue weighted by Gasteiger charge is -2.13. The summed E-state index contributed by atoms with van der Waals surface area (Å²) in [7, 11) is 0. The zero-order valence-corrected chi connectivity index (χ0v) is 10.8. The molecule has 2 nitrogen and oxygen atoms in total. The van der Waals surface area contributed by atoms with Gasteiger partial charge in [-0.2, -0.15) is 0 Å². The van der Waals surface area contributed by atoms with Gasteiger partial charge in [-0.15, -0.1) is 0 Å². The van der Waals surface area contributed by atoms with Crippen LogP contribution in [0.15, 0.2) is 22.7 Å². The first-order valence-corrected chi connectivity index (χ1v) is 6.08. The van der Waals surface area contributed by atoms with Gasteiger partial charge in [0, 0.05) is 4.47 Å². The van der Waals surface area contributed by atoms with Gasteiger partial charge in [0.15, 0.2) is 0 Å². The quantitative estimate of drug-likeness (QED) is 0.886. The van der Waals surface area contributed by atoms with Gasteiger partial charge in [0.05, 0.1) is 12.7 Å². The fourth-order valence-corrected chi connectivity index (χ4v) is 1.97. The van der Waals surface area contributed by atoms with Crippen molar-refractivity contribution in [3.63, 3.8) is 0 Å². The van der Waals surface area contributed by atoms with Crippen LogP contribution in [0, 0.1) is 0 Å². The molecule has 0 aliphatic rings. The third-order valence-corrected chi connectivity index (χ3v) is 2.92. The molecule has 1 rings (SSSR count). The van der Waals surface area contributed by atoms with Crippen molar-refractivity contribution in [1.82, 2.24) is 0 Å². The molecule has 0 aromatic heterocycles. The molecule has 0 saturated heterocycles. The van der Waals surface area contributed by atoms with Crippen LogP contribution in [-0.4, -0.2) is 11.7 Å². The molecule has 15 heavy (non-hydrogen) atoms. The van der Waals surface area contributed by atoms with E-state index in [2.05, 4.69) is 22.9 Å². The maximum Gasteiger partial charge on any atom is 0.119 e. The van der Waals surface area contributed by atoms with Gasteiger partial charge in [0.1, 0.15) is 5.75 Å². The molecule has 0 amide bonds. The summed E-state index contributed by atoms with van der Waals surface area (Å²) in [5.74, 6) is 0.811. The van der Waals surface area contributed by atoms with Crippen LogP contribution in [0.5, 0.6) is 5.75 Å². The fraction of sp³-hybridized carbons (Fsp3) is 0.500. The van der Waals surface area contributed by atoms with E-state index in [9.17, 15) is 5.11 Å². The highest BCUT2D eigenvalue weighted by Crippen LogP contribution is 2.30. The molecule has 0 spiro atoms. The zero-order valence-electron chi connectivity index (χ0n) is 9.16. The third kappa shape index (κ3) is 3.50. The van der Waals surface area contributed by atoms with Crippen molar-refractivity contribution in [1.29, 1.82) is 0 Å². The Morgan fingerprint density at radius 2 is 2.13 bits per heavy atom. The fourth-order valence-electron chi connectivity index (χ4n) is 1.46. The van der Waals surface area contributed by atoms with Crippen molar-refractivity contribution < 1.29 is 9.84 Å². The van der Waals surface area contributed by atoms with Crippen LogP contribution < -0.4 is 4.74 Å². The number of aliphatic hydroxyl groups is 1. The van der Waals surface area contributed by atoms with Crippen LogP contribution in [0.4, 0.5) is 0 Å². The van der Waals surface area contributed by atoms with Gasteiger partial charge in [0.25, 0.3) is 0 Å². The Labute approximate surface area is 99.4 Å². The number of hydrogen-bond acceptors (Lipinski definition) is 2. The van der Waals surface area contributed by atoms with Gasteiger partial charge >= 0.3 is 0 Å². The highest BCUT2D eigenvalue weighted by atomic mass is 79.9. The van der Waals surface area contributed by atoms with Gasteiger partial charge in [-0.05, 0) is 37.1 Å². The summed E-state index contributed by atoms with van der Waals surface area (Å²) < 4.78 is 6.33. The third-order valence-electron chi connectivity index (χ3n) is 2.20. The average Bonchev–Trinajstić information content (AvgIpc) is 2.21. The lowest BCUT2D eigenvalue weighted by molar-refractivity contribution is 0.165. The zero-order chi connectivity index (χ0) is 11.3. The second-order valence-electron chi connectivity index (χ2n) is 3.42. The molecule has 0 aliphatic carbocycles. The predicted octanol–water partition coefficient (Wildman–Crippen LogP) is 3.68. The van der Waals surface area contributed by atoms with E-state index in [0.29, 0.717) is 6.61 Å². The summed E-state index contributed by atoms with van der Waals surface area (Å²) in [6, 6.07) is 5.71. The van der Waals surface area contributed by atoms with Crippen molar-refractivity contribution in [3.8, 4) is 5.75 Å². The first-order chi connectivity index (χ1) is 7.19. The summed E-state index contributed by atoms with van der Waals surface area (Å²) in [5.41, 5.74) is 0.905. The molecule has 0 radical (unpaired) electrons. The van der Waals surface area contributed by atoms with Gasteiger partial charge in [-0.1, -0.05) is 29.3 Å². The molecule has 84 valence electrons. The molecule has 0 bridgehead atoms. The second kappa shape index (κ2) is 6.13. The van der Waals surface area contributed by atoms with Gasteiger partial charge in [-0.3, -0.25) is 0 Å². The Morgan fingerprint density at radius 3 is 2.73 bits per heavy atom. The monoisotopic (exact) mass is 272 g/mol. The van der Waals surface area contributed by atoms with Crippen molar-refractivity contribution >= 4 is 15.9 Å². The lowest BCUT2D eigenvalue weighted by Crippen LogP contribution is -1.99. The minimum Gasteiger partial charge on any atom is -0.494 e. The number of ether oxygens (including phenoxy) is 1. The molecule has 1 N–H and O–H groups in total. The molecule has 0 heterocycles. The average molecular weight is 273 g/mol. The number of aliphatic hydroxyl groups excluding tert-OH is 1. The van der Waals surface area contributed by atoms with E-state index in [4.69, 9.17) is 4.74 Å². The number of benzene rings is 1. The molecular formula is C12H17BrO2. The summed E-state index contributed by atoms with van der Waals surface area (Å²) in [5, 5.41) is 9.91. The van der Waals surface area contributed by atoms with Crippen LogP contribution >= 0.6 is 15.9 Å². The molecule has 0 fully saturated rings. The molecule has 0 aliphatic heterocycles. The number of halogens is 1. The van der Waals surface area contributed by atoms with Crippen LogP contribution in [0.25, 0.3) is 0 Å². The molecular weight excluding hydrogens is 256 g/mol. The van der Waals surface area contributed by atoms with Crippen molar-refractivity contribution in [3.05, 3.63) is 28.2 Å². The Balaban J connectivity index is 2.89. The van der Waals surface area contributed by atoms with Gasteiger partial charge in [-0.25, -0.2) is 0 Å². The van der Waals surface area contributed by atoms with E-state index in [1.165, 1.54) is 0 Å². The largest absolute Gasteiger partial charge is 0.494 e. The molecule has 1 atom stereocenters. The van der Waals surface area contributed by atoms with E-state index < -0.39 is 6.10 Å². The summed E-state index contributed by atoms with van der Waals surface area (Å²) in [4.78, 5) is 0. The minimum absolute atomic E-state index is 0.412. The topological polar surface area (TPSA) is 29.5 Å². The second-order valence-corrected chi connectivity index (χ2v) is 4.28. The molecule has 3 heteroatoms. The maximum atomic E-state index is 9.91. The Bertz CT molecular complexity index is 312. The molecule has 1 unspecified atom stereocenters. The number of rotatable bonds is 5. The molecule has 1 aromatic carbocycles. The van der Waals surface area contributed by atoms with Crippen LogP contribution in [0.3, 0.4) is 0 Å².